The molecule has 1 unspecified atom stereocenters. The van der Waals surface area contributed by atoms with Crippen LogP contribution in [-0.2, 0) is 4.79 Å². The Balaban J connectivity index is 0.00000289. The second-order valence-corrected chi connectivity index (χ2v) is 3.68. The molecule has 0 radical (unpaired) electrons. The summed E-state index contributed by atoms with van der Waals surface area (Å²) in [4.78, 5) is 11.4. The maximum absolute atomic E-state index is 13.5. The minimum absolute atomic E-state index is 0. The Labute approximate surface area is 113 Å². The number of alkyl halides is 1. The smallest absolute Gasteiger partial charge is 0.241 e. The third-order valence-corrected chi connectivity index (χ3v) is 2.52. The van der Waals surface area contributed by atoms with Crippen LogP contribution in [0.25, 0.3) is 0 Å². The molecule has 0 saturated carbocycles. The Morgan fingerprint density at radius 1 is 1.33 bits per heavy atom. The van der Waals surface area contributed by atoms with Crippen molar-refractivity contribution in [3.63, 3.8) is 0 Å². The number of halogens is 5. The SMILES string of the molecule is Cl.NNC(=O)C(CCCl)c1ccc(F)c(F)c1F. The lowest BCUT2D eigenvalue weighted by atomic mass is 9.95. The van der Waals surface area contributed by atoms with E-state index in [9.17, 15) is 18.0 Å². The highest BCUT2D eigenvalue weighted by Gasteiger charge is 2.25. The standard InChI is InChI=1S/C10H10ClF3N2O.ClH/c11-4-3-6(10(17)16-15)5-1-2-7(12)9(14)8(5)13;/h1-2,6H,3-4,15H2,(H,16,17);1H. The van der Waals surface area contributed by atoms with Gasteiger partial charge in [-0.15, -0.1) is 24.0 Å². The van der Waals surface area contributed by atoms with Crippen molar-refractivity contribution in [2.24, 2.45) is 5.84 Å². The van der Waals surface area contributed by atoms with Crippen LogP contribution in [0.2, 0.25) is 0 Å². The zero-order valence-corrected chi connectivity index (χ0v) is 10.6. The molecule has 1 amide bonds. The number of amides is 1. The van der Waals surface area contributed by atoms with E-state index in [1.54, 1.807) is 0 Å². The van der Waals surface area contributed by atoms with Crippen molar-refractivity contribution in [2.75, 3.05) is 5.88 Å². The Hall–Kier alpha value is -0.980. The van der Waals surface area contributed by atoms with Crippen LogP contribution in [0.5, 0.6) is 0 Å². The summed E-state index contributed by atoms with van der Waals surface area (Å²) in [6, 6.07) is 1.75. The lowest BCUT2D eigenvalue weighted by Crippen LogP contribution is -2.35. The molecule has 0 aromatic heterocycles. The molecule has 3 nitrogen and oxygen atoms in total. The maximum atomic E-state index is 13.5. The van der Waals surface area contributed by atoms with Crippen molar-refractivity contribution >= 4 is 29.9 Å². The van der Waals surface area contributed by atoms with Crippen LogP contribution in [0, 0.1) is 17.5 Å². The molecule has 102 valence electrons. The molecule has 1 rings (SSSR count). The summed E-state index contributed by atoms with van der Waals surface area (Å²) in [7, 11) is 0. The molecule has 0 heterocycles. The third-order valence-electron chi connectivity index (χ3n) is 2.30. The molecule has 0 aliphatic rings. The van der Waals surface area contributed by atoms with Gasteiger partial charge in [0, 0.05) is 11.4 Å². The van der Waals surface area contributed by atoms with Gasteiger partial charge in [0.15, 0.2) is 17.5 Å². The van der Waals surface area contributed by atoms with E-state index in [-0.39, 0.29) is 30.3 Å². The van der Waals surface area contributed by atoms with Gasteiger partial charge >= 0.3 is 0 Å². The van der Waals surface area contributed by atoms with Crippen molar-refractivity contribution in [2.45, 2.75) is 12.3 Å². The van der Waals surface area contributed by atoms with Gasteiger partial charge < -0.3 is 0 Å². The van der Waals surface area contributed by atoms with E-state index in [1.807, 2.05) is 5.43 Å². The molecule has 0 bridgehead atoms. The molecule has 3 N–H and O–H groups in total. The molecule has 0 saturated heterocycles. The highest BCUT2D eigenvalue weighted by atomic mass is 35.5. The number of nitrogens with one attached hydrogen (secondary N) is 1. The first kappa shape index (κ1) is 17.0. The summed E-state index contributed by atoms with van der Waals surface area (Å²) in [5, 5.41) is 0. The van der Waals surface area contributed by atoms with Gasteiger partial charge in [-0.2, -0.15) is 0 Å². The minimum atomic E-state index is -1.62. The molecule has 0 fully saturated rings. The molecule has 0 spiro atoms. The molecular weight excluding hydrogens is 292 g/mol. The van der Waals surface area contributed by atoms with E-state index >= 15 is 0 Å². The molecule has 0 aliphatic carbocycles. The van der Waals surface area contributed by atoms with Crippen molar-refractivity contribution in [1.82, 2.24) is 5.43 Å². The number of hydrazine groups is 1. The van der Waals surface area contributed by atoms with Crippen LogP contribution in [0.3, 0.4) is 0 Å². The quantitative estimate of drug-likeness (QED) is 0.295. The van der Waals surface area contributed by atoms with E-state index in [1.165, 1.54) is 0 Å². The van der Waals surface area contributed by atoms with Gasteiger partial charge in [-0.1, -0.05) is 6.07 Å². The summed E-state index contributed by atoms with van der Waals surface area (Å²) in [5.74, 6) is -1.12. The average molecular weight is 303 g/mol. The number of nitrogens with two attached hydrogens (primary N) is 1. The van der Waals surface area contributed by atoms with Gasteiger partial charge in [-0.3, -0.25) is 10.2 Å². The van der Waals surface area contributed by atoms with E-state index in [0.717, 1.165) is 12.1 Å². The summed E-state index contributed by atoms with van der Waals surface area (Å²) < 4.78 is 39.2. The fraction of sp³-hybridized carbons (Fsp3) is 0.300. The first-order valence-electron chi connectivity index (χ1n) is 4.72. The number of rotatable bonds is 4. The largest absolute Gasteiger partial charge is 0.294 e. The predicted octanol–water partition coefficient (Wildman–Crippen LogP) is 2.23. The lowest BCUT2D eigenvalue weighted by molar-refractivity contribution is -0.122. The van der Waals surface area contributed by atoms with Crippen LogP contribution < -0.4 is 11.3 Å². The summed E-state index contributed by atoms with van der Waals surface area (Å²) >= 11 is 5.46. The van der Waals surface area contributed by atoms with Gasteiger partial charge in [-0.05, 0) is 12.5 Å². The van der Waals surface area contributed by atoms with Crippen LogP contribution >= 0.6 is 24.0 Å². The summed E-state index contributed by atoms with van der Waals surface area (Å²) in [6.07, 6.45) is 0.0621. The van der Waals surface area contributed by atoms with Crippen molar-refractivity contribution in [3.8, 4) is 0 Å². The van der Waals surface area contributed by atoms with Crippen molar-refractivity contribution < 1.29 is 18.0 Å². The van der Waals surface area contributed by atoms with E-state index in [0.29, 0.717) is 0 Å². The zero-order valence-electron chi connectivity index (χ0n) is 9.05. The monoisotopic (exact) mass is 302 g/mol. The summed E-state index contributed by atoms with van der Waals surface area (Å²) in [6.45, 7) is 0. The second kappa shape index (κ2) is 7.45. The van der Waals surface area contributed by atoms with Gasteiger partial charge in [-0.25, -0.2) is 19.0 Å². The number of carbonyl (C=O) groups is 1. The second-order valence-electron chi connectivity index (χ2n) is 3.30. The Morgan fingerprint density at radius 3 is 2.44 bits per heavy atom. The number of carbonyl (C=O) groups excluding carboxylic acids is 1. The number of benzene rings is 1. The minimum Gasteiger partial charge on any atom is -0.294 e. The lowest BCUT2D eigenvalue weighted by Gasteiger charge is -2.15. The van der Waals surface area contributed by atoms with Gasteiger partial charge in [0.05, 0.1) is 5.92 Å². The molecule has 0 aliphatic heterocycles. The molecule has 1 atom stereocenters. The van der Waals surface area contributed by atoms with Gasteiger partial charge in [0.25, 0.3) is 0 Å². The Bertz CT molecular complexity index is 432. The highest BCUT2D eigenvalue weighted by molar-refractivity contribution is 6.18. The third kappa shape index (κ3) is 3.51. The molecule has 18 heavy (non-hydrogen) atoms. The normalized spacial score (nSPS) is 11.6. The molecule has 1 aromatic carbocycles. The number of hydrogen-bond acceptors (Lipinski definition) is 2. The fourth-order valence-electron chi connectivity index (χ4n) is 1.45. The topological polar surface area (TPSA) is 55.1 Å². The molecule has 8 heteroatoms. The van der Waals surface area contributed by atoms with Crippen molar-refractivity contribution in [1.29, 1.82) is 0 Å². The Morgan fingerprint density at radius 2 is 1.94 bits per heavy atom. The highest BCUT2D eigenvalue weighted by Crippen LogP contribution is 2.26. The first-order chi connectivity index (χ1) is 8.02. The van der Waals surface area contributed by atoms with Crippen LogP contribution in [0.1, 0.15) is 17.9 Å². The molecular formula is C10H11Cl2F3N2O. The average Bonchev–Trinajstić information content (AvgIpc) is 2.33. The molecule has 1 aromatic rings. The predicted molar refractivity (Wildman–Crippen MR) is 64.0 cm³/mol. The van der Waals surface area contributed by atoms with Crippen LogP contribution in [0.15, 0.2) is 12.1 Å². The summed E-state index contributed by atoms with van der Waals surface area (Å²) in [5.41, 5.74) is 1.56. The van der Waals surface area contributed by atoms with E-state index in [2.05, 4.69) is 0 Å². The maximum Gasteiger partial charge on any atom is 0.241 e. The van der Waals surface area contributed by atoms with E-state index in [4.69, 9.17) is 17.4 Å². The zero-order chi connectivity index (χ0) is 13.0. The fourth-order valence-corrected chi connectivity index (χ4v) is 1.67. The van der Waals surface area contributed by atoms with E-state index < -0.39 is 29.3 Å². The van der Waals surface area contributed by atoms with Gasteiger partial charge in [0.2, 0.25) is 5.91 Å². The number of hydrogen-bond donors (Lipinski definition) is 2. The first-order valence-corrected chi connectivity index (χ1v) is 5.26. The Kier molecular flexibility index (Phi) is 7.05. The van der Waals surface area contributed by atoms with Crippen molar-refractivity contribution in [3.05, 3.63) is 35.1 Å². The van der Waals surface area contributed by atoms with Crippen LogP contribution in [0.4, 0.5) is 13.2 Å². The van der Waals surface area contributed by atoms with Gasteiger partial charge in [0.1, 0.15) is 0 Å². The van der Waals surface area contributed by atoms with Crippen LogP contribution in [-0.4, -0.2) is 11.8 Å².